The highest BCUT2D eigenvalue weighted by Gasteiger charge is 2.31. The zero-order chi connectivity index (χ0) is 13.4. The Morgan fingerprint density at radius 2 is 1.95 bits per heavy atom. The van der Waals surface area contributed by atoms with Crippen molar-refractivity contribution >= 4 is 29.0 Å². The number of halogens is 2. The molecule has 1 saturated carbocycles. The zero-order valence-electron chi connectivity index (χ0n) is 9.90. The lowest BCUT2D eigenvalue weighted by atomic mass is 10.1. The lowest BCUT2D eigenvalue weighted by Crippen LogP contribution is -2.04. The number of rotatable bonds is 2. The second-order valence-corrected chi connectivity index (χ2v) is 5.40. The summed E-state index contributed by atoms with van der Waals surface area (Å²) in [6.07, 6.45) is 2.24. The molecular formula is C13H10Cl2N2O2. The number of hydrogen-bond acceptors (Lipinski definition) is 4. The summed E-state index contributed by atoms with van der Waals surface area (Å²) in [4.78, 5) is 15.9. The SMILES string of the molecule is O=C1CCCC1c1nc(-c2cc(Cl)cc(Cl)c2)no1. The van der Waals surface area contributed by atoms with Gasteiger partial charge < -0.3 is 4.52 Å². The molecule has 1 aromatic carbocycles. The van der Waals surface area contributed by atoms with Gasteiger partial charge in [-0.2, -0.15) is 4.98 Å². The van der Waals surface area contributed by atoms with E-state index < -0.39 is 0 Å². The molecule has 0 spiro atoms. The summed E-state index contributed by atoms with van der Waals surface area (Å²) in [5.41, 5.74) is 0.679. The molecule has 0 aliphatic heterocycles. The van der Waals surface area contributed by atoms with Gasteiger partial charge in [0, 0.05) is 22.0 Å². The highest BCUT2D eigenvalue weighted by Crippen LogP contribution is 2.32. The second-order valence-electron chi connectivity index (χ2n) is 4.53. The molecule has 0 bridgehead atoms. The van der Waals surface area contributed by atoms with Crippen molar-refractivity contribution < 1.29 is 9.32 Å². The molecule has 0 radical (unpaired) electrons. The van der Waals surface area contributed by atoms with E-state index in [1.165, 1.54) is 0 Å². The van der Waals surface area contributed by atoms with E-state index in [2.05, 4.69) is 10.1 Å². The molecule has 1 aromatic heterocycles. The molecule has 19 heavy (non-hydrogen) atoms. The summed E-state index contributed by atoms with van der Waals surface area (Å²) >= 11 is 11.9. The number of carbonyl (C=O) groups excluding carboxylic acids is 1. The Hall–Kier alpha value is -1.39. The van der Waals surface area contributed by atoms with Gasteiger partial charge in [0.25, 0.3) is 0 Å². The normalized spacial score (nSPS) is 19.1. The first-order chi connectivity index (χ1) is 9.13. The van der Waals surface area contributed by atoms with Gasteiger partial charge in [0.05, 0.1) is 5.92 Å². The Kier molecular flexibility index (Phi) is 3.29. The van der Waals surface area contributed by atoms with Crippen molar-refractivity contribution in [2.24, 2.45) is 0 Å². The van der Waals surface area contributed by atoms with Crippen LogP contribution in [0.2, 0.25) is 10.0 Å². The summed E-state index contributed by atoms with van der Waals surface area (Å²) in [6.45, 7) is 0. The van der Waals surface area contributed by atoms with Gasteiger partial charge >= 0.3 is 0 Å². The molecule has 2 aromatic rings. The first-order valence-corrected chi connectivity index (χ1v) is 6.72. The molecule has 4 nitrogen and oxygen atoms in total. The largest absolute Gasteiger partial charge is 0.338 e. The fraction of sp³-hybridized carbons (Fsp3) is 0.308. The number of carbonyl (C=O) groups is 1. The van der Waals surface area contributed by atoms with Gasteiger partial charge in [-0.25, -0.2) is 0 Å². The maximum Gasteiger partial charge on any atom is 0.237 e. The number of Topliss-reactive ketones (excluding diaryl/α,β-unsaturated/α-hetero) is 1. The van der Waals surface area contributed by atoms with Gasteiger partial charge in [0.15, 0.2) is 0 Å². The zero-order valence-corrected chi connectivity index (χ0v) is 11.4. The monoisotopic (exact) mass is 296 g/mol. The molecule has 0 N–H and O–H groups in total. The molecule has 0 amide bonds. The quantitative estimate of drug-likeness (QED) is 0.844. The molecule has 1 fully saturated rings. The van der Waals surface area contributed by atoms with Crippen LogP contribution in [-0.4, -0.2) is 15.9 Å². The van der Waals surface area contributed by atoms with Crippen molar-refractivity contribution in [3.05, 3.63) is 34.1 Å². The number of benzene rings is 1. The highest BCUT2D eigenvalue weighted by atomic mass is 35.5. The second kappa shape index (κ2) is 4.94. The first-order valence-electron chi connectivity index (χ1n) is 5.96. The van der Waals surface area contributed by atoms with E-state index in [9.17, 15) is 4.79 Å². The summed E-state index contributed by atoms with van der Waals surface area (Å²) in [6, 6.07) is 5.05. The maximum absolute atomic E-state index is 11.7. The standard InChI is InChI=1S/C13H10Cl2N2O2/c14-8-4-7(5-9(15)6-8)12-16-13(19-17-12)10-2-1-3-11(10)18/h4-6,10H,1-3H2. The fourth-order valence-electron chi connectivity index (χ4n) is 2.25. The third-order valence-corrected chi connectivity index (χ3v) is 3.60. The molecule has 1 heterocycles. The van der Waals surface area contributed by atoms with Crippen molar-refractivity contribution in [3.8, 4) is 11.4 Å². The number of nitrogens with zero attached hydrogens (tertiary/aromatic N) is 2. The van der Waals surface area contributed by atoms with E-state index in [0.29, 0.717) is 33.7 Å². The number of hydrogen-bond donors (Lipinski definition) is 0. The van der Waals surface area contributed by atoms with Crippen molar-refractivity contribution in [2.75, 3.05) is 0 Å². The van der Waals surface area contributed by atoms with Gasteiger partial charge in [-0.3, -0.25) is 4.79 Å². The Morgan fingerprint density at radius 3 is 2.58 bits per heavy atom. The van der Waals surface area contributed by atoms with E-state index in [-0.39, 0.29) is 11.7 Å². The van der Waals surface area contributed by atoms with Crippen molar-refractivity contribution in [3.63, 3.8) is 0 Å². The van der Waals surface area contributed by atoms with Crippen molar-refractivity contribution in [1.29, 1.82) is 0 Å². The fourth-order valence-corrected chi connectivity index (χ4v) is 2.78. The minimum Gasteiger partial charge on any atom is -0.338 e. The van der Waals surface area contributed by atoms with Crippen LogP contribution < -0.4 is 0 Å². The molecule has 6 heteroatoms. The third-order valence-electron chi connectivity index (χ3n) is 3.17. The minimum atomic E-state index is -0.254. The van der Waals surface area contributed by atoms with Crippen LogP contribution in [0.1, 0.15) is 31.1 Å². The third kappa shape index (κ3) is 2.51. The van der Waals surface area contributed by atoms with Crippen LogP contribution >= 0.6 is 23.2 Å². The van der Waals surface area contributed by atoms with Gasteiger partial charge in [-0.05, 0) is 31.0 Å². The van der Waals surface area contributed by atoms with Crippen LogP contribution in [0.5, 0.6) is 0 Å². The molecule has 1 aliphatic rings. The predicted molar refractivity (Wildman–Crippen MR) is 71.4 cm³/mol. The Morgan fingerprint density at radius 1 is 1.21 bits per heavy atom. The van der Waals surface area contributed by atoms with Gasteiger partial charge in [-0.15, -0.1) is 0 Å². The minimum absolute atomic E-state index is 0.166. The summed E-state index contributed by atoms with van der Waals surface area (Å²) in [5, 5.41) is 4.90. The molecule has 1 atom stereocenters. The van der Waals surface area contributed by atoms with Crippen LogP contribution in [0.15, 0.2) is 22.7 Å². The summed E-state index contributed by atoms with van der Waals surface area (Å²) in [7, 11) is 0. The highest BCUT2D eigenvalue weighted by molar-refractivity contribution is 6.35. The van der Waals surface area contributed by atoms with Crippen LogP contribution in [-0.2, 0) is 4.79 Å². The molecule has 1 unspecified atom stereocenters. The van der Waals surface area contributed by atoms with Crippen molar-refractivity contribution in [2.45, 2.75) is 25.2 Å². The van der Waals surface area contributed by atoms with Crippen LogP contribution in [0.4, 0.5) is 0 Å². The van der Waals surface area contributed by atoms with E-state index >= 15 is 0 Å². The number of aromatic nitrogens is 2. The van der Waals surface area contributed by atoms with Crippen LogP contribution in [0.25, 0.3) is 11.4 Å². The van der Waals surface area contributed by atoms with E-state index in [0.717, 1.165) is 12.8 Å². The Balaban J connectivity index is 1.94. The van der Waals surface area contributed by atoms with Crippen LogP contribution in [0, 0.1) is 0 Å². The molecule has 0 saturated heterocycles. The topological polar surface area (TPSA) is 56.0 Å². The van der Waals surface area contributed by atoms with Crippen LogP contribution in [0.3, 0.4) is 0 Å². The van der Waals surface area contributed by atoms with Gasteiger partial charge in [0.2, 0.25) is 11.7 Å². The lowest BCUT2D eigenvalue weighted by molar-refractivity contribution is -0.119. The lowest BCUT2D eigenvalue weighted by Gasteiger charge is -1.99. The predicted octanol–water partition coefficient (Wildman–Crippen LogP) is 3.88. The molecule has 1 aliphatic carbocycles. The smallest absolute Gasteiger partial charge is 0.237 e. The number of ketones is 1. The Bertz CT molecular complexity index is 619. The van der Waals surface area contributed by atoms with Gasteiger partial charge in [0.1, 0.15) is 5.78 Å². The Labute approximate surface area is 119 Å². The molecular weight excluding hydrogens is 287 g/mol. The van der Waals surface area contributed by atoms with Gasteiger partial charge in [-0.1, -0.05) is 28.4 Å². The maximum atomic E-state index is 11.7. The average Bonchev–Trinajstić information content (AvgIpc) is 2.95. The van der Waals surface area contributed by atoms with E-state index in [1.807, 2.05) is 0 Å². The van der Waals surface area contributed by atoms with E-state index in [4.69, 9.17) is 27.7 Å². The first kappa shape index (κ1) is 12.6. The molecule has 98 valence electrons. The molecule has 3 rings (SSSR count). The summed E-state index contributed by atoms with van der Waals surface area (Å²) in [5.74, 6) is 0.697. The van der Waals surface area contributed by atoms with E-state index in [1.54, 1.807) is 18.2 Å². The summed E-state index contributed by atoms with van der Waals surface area (Å²) < 4.78 is 5.19. The average molecular weight is 297 g/mol. The van der Waals surface area contributed by atoms with Crippen molar-refractivity contribution in [1.82, 2.24) is 10.1 Å².